The summed E-state index contributed by atoms with van der Waals surface area (Å²) in [5.74, 6) is -0.778. The number of aromatic amines is 1. The van der Waals surface area contributed by atoms with Crippen molar-refractivity contribution in [3.63, 3.8) is 0 Å². The molecule has 2 rings (SSSR count). The number of rotatable bonds is 10. The summed E-state index contributed by atoms with van der Waals surface area (Å²) in [6.07, 6.45) is 2.92. The van der Waals surface area contributed by atoms with Crippen LogP contribution in [-0.4, -0.2) is 32.9 Å². The monoisotopic (exact) mass is 436 g/mol. The Labute approximate surface area is 178 Å². The lowest BCUT2D eigenvalue weighted by molar-refractivity contribution is -0.122. The fraction of sp³-hybridized carbons (Fsp3) is 0.526. The number of nitrogens with zero attached hydrogens (tertiary/aromatic N) is 3. The van der Waals surface area contributed by atoms with Crippen LogP contribution in [0.4, 0.5) is 16.6 Å². The Morgan fingerprint density at radius 3 is 2.67 bits per heavy atom. The lowest BCUT2D eigenvalue weighted by atomic mass is 10.1. The lowest BCUT2D eigenvalue weighted by Crippen LogP contribution is -2.42. The van der Waals surface area contributed by atoms with E-state index in [0.29, 0.717) is 18.1 Å². The lowest BCUT2D eigenvalue weighted by Gasteiger charge is -2.26. The van der Waals surface area contributed by atoms with E-state index in [0.717, 1.165) is 6.42 Å². The van der Waals surface area contributed by atoms with E-state index >= 15 is 0 Å². The third kappa shape index (κ3) is 6.02. The smallest absolute Gasteiger partial charge is 0.330 e. The summed E-state index contributed by atoms with van der Waals surface area (Å²) in [4.78, 5) is 57.2. The molecule has 164 valence electrons. The molecule has 2 heterocycles. The summed E-state index contributed by atoms with van der Waals surface area (Å²) >= 11 is 1.28. The van der Waals surface area contributed by atoms with E-state index in [9.17, 15) is 19.2 Å². The number of hydrogen-bond donors (Lipinski definition) is 3. The molecule has 2 aromatic heterocycles. The van der Waals surface area contributed by atoms with E-state index in [1.165, 1.54) is 20.8 Å². The number of carbonyl (C=O) groups excluding carboxylic acids is 2. The molecule has 0 fully saturated rings. The first kappa shape index (κ1) is 23.3. The maximum atomic E-state index is 12.9. The van der Waals surface area contributed by atoms with Crippen molar-refractivity contribution in [3.05, 3.63) is 32.4 Å². The summed E-state index contributed by atoms with van der Waals surface area (Å²) in [6, 6.07) is 0. The van der Waals surface area contributed by atoms with Gasteiger partial charge in [0.05, 0.1) is 0 Å². The summed E-state index contributed by atoms with van der Waals surface area (Å²) in [7, 11) is 0. The summed E-state index contributed by atoms with van der Waals surface area (Å²) in [5, 5.41) is 4.80. The molecule has 10 nitrogen and oxygen atoms in total. The average molecular weight is 437 g/mol. The number of H-pyrrole nitrogens is 1. The van der Waals surface area contributed by atoms with Gasteiger partial charge >= 0.3 is 5.69 Å². The van der Waals surface area contributed by atoms with Crippen LogP contribution in [0.2, 0.25) is 0 Å². The van der Waals surface area contributed by atoms with Crippen LogP contribution in [0.15, 0.2) is 21.2 Å². The van der Waals surface area contributed by atoms with Crippen LogP contribution < -0.4 is 27.2 Å². The number of hydrogen-bond acceptors (Lipinski definition) is 7. The number of unbranched alkanes of at least 4 members (excludes halogenated alkanes) is 1. The van der Waals surface area contributed by atoms with Gasteiger partial charge in [-0.15, -0.1) is 11.3 Å². The summed E-state index contributed by atoms with van der Waals surface area (Å²) < 4.78 is 1.27. The van der Waals surface area contributed by atoms with E-state index in [1.807, 2.05) is 20.8 Å². The van der Waals surface area contributed by atoms with Gasteiger partial charge in [0, 0.05) is 37.5 Å². The van der Waals surface area contributed by atoms with E-state index in [4.69, 9.17) is 5.73 Å². The van der Waals surface area contributed by atoms with Gasteiger partial charge in [0.1, 0.15) is 5.82 Å². The van der Waals surface area contributed by atoms with E-state index in [1.54, 1.807) is 11.6 Å². The Balaban J connectivity index is 2.26. The Bertz CT molecular complexity index is 980. The van der Waals surface area contributed by atoms with Crippen molar-refractivity contribution in [3.8, 4) is 0 Å². The van der Waals surface area contributed by atoms with Crippen molar-refractivity contribution in [2.45, 2.75) is 53.0 Å². The number of thiazole rings is 1. The largest absolute Gasteiger partial charge is 0.383 e. The first-order chi connectivity index (χ1) is 14.2. The molecule has 0 spiro atoms. The second-order valence-corrected chi connectivity index (χ2v) is 8.18. The van der Waals surface area contributed by atoms with E-state index in [2.05, 4.69) is 15.3 Å². The molecule has 0 aliphatic rings. The number of nitrogens with two attached hydrogens (primary N) is 1. The Kier molecular flexibility index (Phi) is 8.34. The highest BCUT2D eigenvalue weighted by atomic mass is 32.1. The molecule has 0 aliphatic carbocycles. The van der Waals surface area contributed by atoms with Crippen molar-refractivity contribution in [2.24, 2.45) is 5.92 Å². The van der Waals surface area contributed by atoms with Crippen LogP contribution >= 0.6 is 11.3 Å². The minimum atomic E-state index is -0.716. The Hall–Kier alpha value is -2.95. The molecule has 0 atom stereocenters. The van der Waals surface area contributed by atoms with Crippen molar-refractivity contribution in [1.82, 2.24) is 14.5 Å². The number of anilines is 3. The molecule has 2 amide bonds. The quantitative estimate of drug-likeness (QED) is 0.518. The third-order valence-corrected chi connectivity index (χ3v) is 5.00. The van der Waals surface area contributed by atoms with Crippen LogP contribution in [0.3, 0.4) is 0 Å². The van der Waals surface area contributed by atoms with E-state index in [-0.39, 0.29) is 42.7 Å². The van der Waals surface area contributed by atoms with Crippen LogP contribution in [0.1, 0.15) is 46.5 Å². The van der Waals surface area contributed by atoms with Crippen LogP contribution in [0, 0.1) is 5.92 Å². The second kappa shape index (κ2) is 10.7. The molecular weight excluding hydrogens is 408 g/mol. The fourth-order valence-electron chi connectivity index (χ4n) is 2.88. The number of aromatic nitrogens is 3. The zero-order valence-electron chi connectivity index (χ0n) is 17.4. The predicted molar refractivity (Wildman–Crippen MR) is 118 cm³/mol. The standard InChI is InChI=1S/C19H28N6O4S/c1-4-5-9-24-16(20)15(17(28)23-19(24)29)25(11-12(2)3)14(27)7-6-13(26)22-18-21-8-10-30-18/h8,10,12H,4-7,9,11,20H2,1-3H3,(H,21,22,26)(H,23,28,29). The minimum Gasteiger partial charge on any atom is -0.383 e. The SMILES string of the molecule is CCCCn1c(N)c(N(CC(C)C)C(=O)CCC(=O)Nc2nccs2)c(=O)[nH]c1=O. The zero-order chi connectivity index (χ0) is 22.3. The van der Waals surface area contributed by atoms with Crippen LogP contribution in [0.25, 0.3) is 0 Å². The normalized spacial score (nSPS) is 10.9. The molecule has 0 saturated heterocycles. The molecule has 30 heavy (non-hydrogen) atoms. The zero-order valence-corrected chi connectivity index (χ0v) is 18.3. The van der Waals surface area contributed by atoms with Crippen molar-refractivity contribution >= 4 is 39.8 Å². The number of amides is 2. The van der Waals surface area contributed by atoms with Gasteiger partial charge in [-0.2, -0.15) is 0 Å². The Morgan fingerprint density at radius 2 is 2.07 bits per heavy atom. The van der Waals surface area contributed by atoms with Crippen molar-refractivity contribution in [2.75, 3.05) is 22.5 Å². The molecule has 0 bridgehead atoms. The molecule has 0 radical (unpaired) electrons. The first-order valence-electron chi connectivity index (χ1n) is 9.86. The molecule has 0 unspecified atom stereocenters. The van der Waals surface area contributed by atoms with Gasteiger partial charge in [-0.1, -0.05) is 27.2 Å². The minimum absolute atomic E-state index is 0.0351. The van der Waals surface area contributed by atoms with Gasteiger partial charge in [-0.25, -0.2) is 9.78 Å². The summed E-state index contributed by atoms with van der Waals surface area (Å²) in [5.41, 5.74) is 4.78. The van der Waals surface area contributed by atoms with E-state index < -0.39 is 17.2 Å². The molecular formula is C19H28N6O4S. The fourth-order valence-corrected chi connectivity index (χ4v) is 3.43. The highest BCUT2D eigenvalue weighted by molar-refractivity contribution is 7.13. The highest BCUT2D eigenvalue weighted by Gasteiger charge is 2.25. The molecule has 11 heteroatoms. The maximum Gasteiger partial charge on any atom is 0.330 e. The van der Waals surface area contributed by atoms with Crippen LogP contribution in [0.5, 0.6) is 0 Å². The molecule has 4 N–H and O–H groups in total. The molecule has 0 aromatic carbocycles. The van der Waals surface area contributed by atoms with Gasteiger partial charge in [-0.3, -0.25) is 23.9 Å². The summed E-state index contributed by atoms with van der Waals surface area (Å²) in [6.45, 7) is 6.33. The van der Waals surface area contributed by atoms with Crippen LogP contribution in [-0.2, 0) is 16.1 Å². The first-order valence-corrected chi connectivity index (χ1v) is 10.7. The molecule has 0 aliphatic heterocycles. The van der Waals surface area contributed by atoms with Gasteiger partial charge in [0.15, 0.2) is 10.8 Å². The van der Waals surface area contributed by atoms with Crippen molar-refractivity contribution < 1.29 is 9.59 Å². The van der Waals surface area contributed by atoms with Gasteiger partial charge in [0.2, 0.25) is 11.8 Å². The van der Waals surface area contributed by atoms with Gasteiger partial charge in [0.25, 0.3) is 5.56 Å². The average Bonchev–Trinajstić information content (AvgIpc) is 3.17. The third-order valence-electron chi connectivity index (χ3n) is 4.31. The Morgan fingerprint density at radius 1 is 1.33 bits per heavy atom. The highest BCUT2D eigenvalue weighted by Crippen LogP contribution is 2.20. The second-order valence-electron chi connectivity index (χ2n) is 7.28. The molecule has 2 aromatic rings. The topological polar surface area (TPSA) is 143 Å². The van der Waals surface area contributed by atoms with Gasteiger partial charge < -0.3 is 16.0 Å². The van der Waals surface area contributed by atoms with Crippen molar-refractivity contribution in [1.29, 1.82) is 0 Å². The predicted octanol–water partition coefficient (Wildman–Crippen LogP) is 1.78. The number of nitrogen functional groups attached to an aromatic ring is 1. The van der Waals surface area contributed by atoms with Gasteiger partial charge in [-0.05, 0) is 12.3 Å². The maximum absolute atomic E-state index is 12.9. The number of carbonyl (C=O) groups is 2. The molecule has 0 saturated carbocycles. The number of nitrogens with one attached hydrogen (secondary N) is 2.